The number of aryl methyl sites for hydroxylation is 1. The standard InChI is InChI=1S/C16H16BrClO/c1-2-11-5-3-4-6-14(11)16(19)9-12-7-8-13(17)10-15(12)18/h3-8,10,16,19H,2,9H2,1H3. The summed E-state index contributed by atoms with van der Waals surface area (Å²) in [7, 11) is 0. The van der Waals surface area contributed by atoms with Gasteiger partial charge < -0.3 is 5.11 Å². The number of aliphatic hydroxyl groups excluding tert-OH is 1. The molecule has 0 aliphatic heterocycles. The lowest BCUT2D eigenvalue weighted by atomic mass is 9.96. The molecule has 3 heteroatoms. The highest BCUT2D eigenvalue weighted by molar-refractivity contribution is 9.10. The largest absolute Gasteiger partial charge is 0.388 e. The molecule has 1 atom stereocenters. The van der Waals surface area contributed by atoms with Crippen LogP contribution < -0.4 is 0 Å². The lowest BCUT2D eigenvalue weighted by Crippen LogP contribution is -2.05. The summed E-state index contributed by atoms with van der Waals surface area (Å²) >= 11 is 9.58. The molecule has 1 nitrogen and oxygen atoms in total. The van der Waals surface area contributed by atoms with Gasteiger partial charge in [0.2, 0.25) is 0 Å². The van der Waals surface area contributed by atoms with Gasteiger partial charge in [0.25, 0.3) is 0 Å². The Balaban J connectivity index is 2.23. The van der Waals surface area contributed by atoms with Crippen molar-refractivity contribution in [2.45, 2.75) is 25.9 Å². The molecule has 0 saturated heterocycles. The summed E-state index contributed by atoms with van der Waals surface area (Å²) in [6, 6.07) is 13.7. The highest BCUT2D eigenvalue weighted by atomic mass is 79.9. The Bertz CT molecular complexity index is 568. The summed E-state index contributed by atoms with van der Waals surface area (Å²) in [5.41, 5.74) is 3.13. The van der Waals surface area contributed by atoms with E-state index in [4.69, 9.17) is 11.6 Å². The molecule has 2 rings (SSSR count). The predicted octanol–water partition coefficient (Wildman–Crippen LogP) is 4.94. The fourth-order valence-electron chi connectivity index (χ4n) is 2.19. The Morgan fingerprint density at radius 3 is 2.58 bits per heavy atom. The lowest BCUT2D eigenvalue weighted by molar-refractivity contribution is 0.177. The maximum atomic E-state index is 10.4. The molecule has 100 valence electrons. The molecule has 0 saturated carbocycles. The average Bonchev–Trinajstić information content (AvgIpc) is 2.41. The van der Waals surface area contributed by atoms with Gasteiger partial charge in [-0.1, -0.05) is 64.8 Å². The fraction of sp³-hybridized carbons (Fsp3) is 0.250. The molecular weight excluding hydrogens is 324 g/mol. The average molecular weight is 340 g/mol. The molecule has 0 heterocycles. The van der Waals surface area contributed by atoms with Crippen molar-refractivity contribution in [2.75, 3.05) is 0 Å². The topological polar surface area (TPSA) is 20.2 Å². The zero-order valence-corrected chi connectivity index (χ0v) is 13.1. The summed E-state index contributed by atoms with van der Waals surface area (Å²) in [6.07, 6.45) is 0.930. The molecule has 0 amide bonds. The molecule has 0 aliphatic carbocycles. The molecule has 0 bridgehead atoms. The van der Waals surface area contributed by atoms with Gasteiger partial charge in [-0.05, 0) is 35.2 Å². The summed E-state index contributed by atoms with van der Waals surface area (Å²) in [5.74, 6) is 0. The summed E-state index contributed by atoms with van der Waals surface area (Å²) < 4.78 is 0.949. The second kappa shape index (κ2) is 6.56. The number of halogens is 2. The van der Waals surface area contributed by atoms with E-state index in [0.717, 1.165) is 22.0 Å². The van der Waals surface area contributed by atoms with Gasteiger partial charge in [-0.25, -0.2) is 0 Å². The van der Waals surface area contributed by atoms with Gasteiger partial charge in [0.1, 0.15) is 0 Å². The maximum Gasteiger partial charge on any atom is 0.0833 e. The highest BCUT2D eigenvalue weighted by Crippen LogP contribution is 2.27. The smallest absolute Gasteiger partial charge is 0.0833 e. The SMILES string of the molecule is CCc1ccccc1C(O)Cc1ccc(Br)cc1Cl. The van der Waals surface area contributed by atoms with Gasteiger partial charge >= 0.3 is 0 Å². The zero-order valence-electron chi connectivity index (χ0n) is 10.7. The first kappa shape index (κ1) is 14.6. The Hall–Kier alpha value is -0.830. The van der Waals surface area contributed by atoms with Crippen LogP contribution in [-0.4, -0.2) is 5.11 Å². The number of aliphatic hydroxyl groups is 1. The molecule has 0 radical (unpaired) electrons. The van der Waals surface area contributed by atoms with E-state index in [1.165, 1.54) is 5.56 Å². The van der Waals surface area contributed by atoms with E-state index in [1.807, 2.05) is 36.4 Å². The van der Waals surface area contributed by atoms with Gasteiger partial charge in [0.15, 0.2) is 0 Å². The van der Waals surface area contributed by atoms with Gasteiger partial charge in [-0.15, -0.1) is 0 Å². The third-order valence-corrected chi connectivity index (χ3v) is 4.07. The maximum absolute atomic E-state index is 10.4. The molecule has 0 spiro atoms. The molecular formula is C16H16BrClO. The van der Waals surface area contributed by atoms with Gasteiger partial charge in [-0.3, -0.25) is 0 Å². The third-order valence-electron chi connectivity index (χ3n) is 3.22. The van der Waals surface area contributed by atoms with Gasteiger partial charge in [0, 0.05) is 15.9 Å². The first-order valence-electron chi connectivity index (χ1n) is 6.31. The first-order valence-corrected chi connectivity index (χ1v) is 7.48. The van der Waals surface area contributed by atoms with Crippen LogP contribution in [0.15, 0.2) is 46.9 Å². The quantitative estimate of drug-likeness (QED) is 0.836. The van der Waals surface area contributed by atoms with Crippen molar-refractivity contribution in [3.05, 3.63) is 68.7 Å². The summed E-state index contributed by atoms with van der Waals surface area (Å²) in [4.78, 5) is 0. The Morgan fingerprint density at radius 2 is 1.89 bits per heavy atom. The molecule has 19 heavy (non-hydrogen) atoms. The van der Waals surface area contributed by atoms with Crippen LogP contribution in [0, 0.1) is 0 Å². The minimum Gasteiger partial charge on any atom is -0.388 e. The zero-order chi connectivity index (χ0) is 13.8. The second-order valence-corrected chi connectivity index (χ2v) is 5.83. The molecule has 0 aliphatic rings. The summed E-state index contributed by atoms with van der Waals surface area (Å²) in [6.45, 7) is 2.10. The number of hydrogen-bond acceptors (Lipinski definition) is 1. The fourth-order valence-corrected chi connectivity index (χ4v) is 2.94. The normalized spacial score (nSPS) is 12.4. The highest BCUT2D eigenvalue weighted by Gasteiger charge is 2.13. The Kier molecular flexibility index (Phi) is 5.03. The third kappa shape index (κ3) is 3.59. The molecule has 1 N–H and O–H groups in total. The van der Waals surface area contributed by atoms with Crippen LogP contribution in [0.4, 0.5) is 0 Å². The Morgan fingerprint density at radius 1 is 1.16 bits per heavy atom. The first-order chi connectivity index (χ1) is 9.11. The van der Waals surface area contributed by atoms with Crippen molar-refractivity contribution in [1.29, 1.82) is 0 Å². The van der Waals surface area contributed by atoms with E-state index < -0.39 is 6.10 Å². The monoisotopic (exact) mass is 338 g/mol. The lowest BCUT2D eigenvalue weighted by Gasteiger charge is -2.15. The van der Waals surface area contributed by atoms with E-state index in [9.17, 15) is 5.11 Å². The minimum atomic E-state index is -0.519. The minimum absolute atomic E-state index is 0.519. The van der Waals surface area contributed by atoms with Crippen LogP contribution in [0.1, 0.15) is 29.7 Å². The van der Waals surface area contributed by atoms with Crippen LogP contribution in [0.25, 0.3) is 0 Å². The van der Waals surface area contributed by atoms with Crippen molar-refractivity contribution < 1.29 is 5.11 Å². The molecule has 0 fully saturated rings. The number of hydrogen-bond donors (Lipinski definition) is 1. The number of benzene rings is 2. The number of rotatable bonds is 4. The van der Waals surface area contributed by atoms with Gasteiger partial charge in [-0.2, -0.15) is 0 Å². The van der Waals surface area contributed by atoms with Crippen LogP contribution in [0.5, 0.6) is 0 Å². The van der Waals surface area contributed by atoms with Gasteiger partial charge in [0.05, 0.1) is 6.10 Å². The van der Waals surface area contributed by atoms with Crippen molar-refractivity contribution in [2.24, 2.45) is 0 Å². The molecule has 2 aromatic rings. The van der Waals surface area contributed by atoms with E-state index >= 15 is 0 Å². The van der Waals surface area contributed by atoms with Crippen molar-refractivity contribution >= 4 is 27.5 Å². The van der Waals surface area contributed by atoms with Crippen LogP contribution in [0.2, 0.25) is 5.02 Å². The van der Waals surface area contributed by atoms with Crippen LogP contribution in [0.3, 0.4) is 0 Å². The van der Waals surface area contributed by atoms with E-state index in [0.29, 0.717) is 11.4 Å². The molecule has 0 aromatic heterocycles. The van der Waals surface area contributed by atoms with E-state index in [1.54, 1.807) is 0 Å². The Labute approximate surface area is 127 Å². The molecule has 2 aromatic carbocycles. The van der Waals surface area contributed by atoms with E-state index in [2.05, 4.69) is 28.9 Å². The van der Waals surface area contributed by atoms with Crippen LogP contribution in [-0.2, 0) is 12.8 Å². The van der Waals surface area contributed by atoms with Crippen molar-refractivity contribution in [3.8, 4) is 0 Å². The van der Waals surface area contributed by atoms with E-state index in [-0.39, 0.29) is 0 Å². The van der Waals surface area contributed by atoms with Crippen molar-refractivity contribution in [1.82, 2.24) is 0 Å². The second-order valence-electron chi connectivity index (χ2n) is 4.51. The van der Waals surface area contributed by atoms with Crippen molar-refractivity contribution in [3.63, 3.8) is 0 Å². The molecule has 1 unspecified atom stereocenters. The summed E-state index contributed by atoms with van der Waals surface area (Å²) in [5, 5.41) is 11.1. The van der Waals surface area contributed by atoms with Crippen LogP contribution >= 0.6 is 27.5 Å². The predicted molar refractivity (Wildman–Crippen MR) is 83.6 cm³/mol.